The molecule has 0 saturated heterocycles. The maximum Gasteiger partial charge on any atom is 0.230 e. The molecule has 1 amide bonds. The molecule has 0 bridgehead atoms. The zero-order chi connectivity index (χ0) is 17.0. The summed E-state index contributed by atoms with van der Waals surface area (Å²) in [5.74, 6) is 0.175. The highest BCUT2D eigenvalue weighted by Crippen LogP contribution is 2.41. The third-order valence-corrected chi connectivity index (χ3v) is 4.73. The van der Waals surface area contributed by atoms with Crippen LogP contribution in [-0.2, 0) is 16.8 Å². The molecule has 0 spiro atoms. The fraction of sp³-hybridized carbons (Fsp3) is 0.368. The Bertz CT molecular complexity index is 727. The minimum atomic E-state index is -0.626. The first kappa shape index (κ1) is 16.4. The van der Waals surface area contributed by atoms with Gasteiger partial charge in [0.2, 0.25) is 11.8 Å². The van der Waals surface area contributed by atoms with Gasteiger partial charge in [-0.2, -0.15) is 0 Å². The van der Waals surface area contributed by atoms with Gasteiger partial charge in [0, 0.05) is 18.8 Å². The molecular formula is C19H21FN2O2. The summed E-state index contributed by atoms with van der Waals surface area (Å²) in [6.45, 7) is 0.398. The fourth-order valence-electron chi connectivity index (χ4n) is 3.44. The van der Waals surface area contributed by atoms with Gasteiger partial charge >= 0.3 is 0 Å². The van der Waals surface area contributed by atoms with E-state index in [-0.39, 0.29) is 11.7 Å². The Hall–Kier alpha value is -2.43. The molecule has 1 saturated carbocycles. The van der Waals surface area contributed by atoms with Crippen LogP contribution in [0.15, 0.2) is 42.6 Å². The molecule has 5 heteroatoms. The Labute approximate surface area is 141 Å². The second-order valence-electron chi connectivity index (χ2n) is 6.19. The largest absolute Gasteiger partial charge is 0.481 e. The van der Waals surface area contributed by atoms with Crippen LogP contribution in [0.25, 0.3) is 0 Å². The van der Waals surface area contributed by atoms with E-state index in [1.54, 1.807) is 25.4 Å². The Balaban J connectivity index is 1.78. The number of halogens is 1. The van der Waals surface area contributed by atoms with Gasteiger partial charge in [-0.3, -0.25) is 4.79 Å². The van der Waals surface area contributed by atoms with E-state index in [9.17, 15) is 9.18 Å². The van der Waals surface area contributed by atoms with Crippen LogP contribution in [0, 0.1) is 5.82 Å². The second kappa shape index (κ2) is 6.99. The van der Waals surface area contributed by atoms with Crippen LogP contribution in [0.3, 0.4) is 0 Å². The van der Waals surface area contributed by atoms with Crippen molar-refractivity contribution in [3.8, 4) is 5.88 Å². The number of amides is 1. The van der Waals surface area contributed by atoms with Gasteiger partial charge in [0.25, 0.3) is 0 Å². The van der Waals surface area contributed by atoms with E-state index >= 15 is 0 Å². The van der Waals surface area contributed by atoms with E-state index in [0.29, 0.717) is 12.4 Å². The molecular weight excluding hydrogens is 307 g/mol. The van der Waals surface area contributed by atoms with Crippen molar-refractivity contribution >= 4 is 5.91 Å². The van der Waals surface area contributed by atoms with Crippen LogP contribution in [0.1, 0.15) is 36.8 Å². The zero-order valence-corrected chi connectivity index (χ0v) is 13.7. The Morgan fingerprint density at radius 1 is 1.29 bits per heavy atom. The number of pyridine rings is 1. The van der Waals surface area contributed by atoms with E-state index in [2.05, 4.69) is 10.3 Å². The minimum absolute atomic E-state index is 0.0404. The number of nitrogens with one attached hydrogen (secondary N) is 1. The van der Waals surface area contributed by atoms with Gasteiger partial charge in [0.05, 0.1) is 12.5 Å². The highest BCUT2D eigenvalue weighted by atomic mass is 19.1. The maximum absolute atomic E-state index is 13.6. The van der Waals surface area contributed by atoms with Crippen LogP contribution in [0.2, 0.25) is 0 Å². The van der Waals surface area contributed by atoms with Crippen LogP contribution < -0.4 is 10.1 Å². The zero-order valence-electron chi connectivity index (χ0n) is 13.7. The summed E-state index contributed by atoms with van der Waals surface area (Å²) in [6, 6.07) is 10.1. The van der Waals surface area contributed by atoms with Crippen molar-refractivity contribution in [2.24, 2.45) is 0 Å². The van der Waals surface area contributed by atoms with Crippen molar-refractivity contribution in [3.05, 3.63) is 59.5 Å². The molecule has 1 aromatic heterocycles. The van der Waals surface area contributed by atoms with Crippen molar-refractivity contribution in [1.82, 2.24) is 10.3 Å². The third kappa shape index (κ3) is 3.25. The lowest BCUT2D eigenvalue weighted by Crippen LogP contribution is -2.42. The quantitative estimate of drug-likeness (QED) is 0.916. The molecule has 1 heterocycles. The average Bonchev–Trinajstić information content (AvgIpc) is 3.11. The summed E-state index contributed by atoms with van der Waals surface area (Å²) in [7, 11) is 1.56. The summed E-state index contributed by atoms with van der Waals surface area (Å²) in [4.78, 5) is 17.0. The molecule has 1 aromatic carbocycles. The predicted octanol–water partition coefficient (Wildman–Crippen LogP) is 3.36. The van der Waals surface area contributed by atoms with Crippen LogP contribution in [-0.4, -0.2) is 18.0 Å². The molecule has 1 N–H and O–H groups in total. The molecule has 0 unspecified atom stereocenters. The molecule has 3 rings (SSSR count). The lowest BCUT2D eigenvalue weighted by atomic mass is 9.78. The van der Waals surface area contributed by atoms with Gasteiger partial charge in [0.15, 0.2) is 0 Å². The van der Waals surface area contributed by atoms with E-state index in [0.717, 1.165) is 36.8 Å². The Kier molecular flexibility index (Phi) is 4.79. The molecule has 4 nitrogen and oxygen atoms in total. The lowest BCUT2D eigenvalue weighted by Gasteiger charge is -2.28. The number of hydrogen-bond donors (Lipinski definition) is 1. The topological polar surface area (TPSA) is 51.2 Å². The number of aromatic nitrogens is 1. The molecule has 1 fully saturated rings. The second-order valence-corrected chi connectivity index (χ2v) is 6.19. The molecule has 1 aliphatic rings. The predicted molar refractivity (Wildman–Crippen MR) is 89.2 cm³/mol. The van der Waals surface area contributed by atoms with E-state index < -0.39 is 5.41 Å². The van der Waals surface area contributed by atoms with Crippen LogP contribution in [0.5, 0.6) is 5.88 Å². The first-order valence-electron chi connectivity index (χ1n) is 8.17. The third-order valence-electron chi connectivity index (χ3n) is 4.73. The van der Waals surface area contributed by atoms with Crippen molar-refractivity contribution in [2.75, 3.05) is 7.11 Å². The van der Waals surface area contributed by atoms with Gasteiger partial charge in [-0.15, -0.1) is 0 Å². The number of rotatable bonds is 5. The van der Waals surface area contributed by atoms with Gasteiger partial charge < -0.3 is 10.1 Å². The normalized spacial score (nSPS) is 15.9. The number of carbonyl (C=O) groups excluding carboxylic acids is 1. The molecule has 24 heavy (non-hydrogen) atoms. The summed E-state index contributed by atoms with van der Waals surface area (Å²) in [5.41, 5.74) is 1.06. The van der Waals surface area contributed by atoms with Crippen molar-refractivity contribution in [2.45, 2.75) is 37.6 Å². The van der Waals surface area contributed by atoms with E-state index in [1.165, 1.54) is 12.1 Å². The molecule has 0 aliphatic heterocycles. The van der Waals surface area contributed by atoms with E-state index in [4.69, 9.17) is 4.74 Å². The number of hydrogen-bond acceptors (Lipinski definition) is 3. The maximum atomic E-state index is 13.6. The smallest absolute Gasteiger partial charge is 0.230 e. The summed E-state index contributed by atoms with van der Waals surface area (Å²) in [6.07, 6.45) is 5.11. The highest BCUT2D eigenvalue weighted by Gasteiger charge is 2.42. The van der Waals surface area contributed by atoms with Gasteiger partial charge in [-0.25, -0.2) is 9.37 Å². The van der Waals surface area contributed by atoms with Crippen LogP contribution in [0.4, 0.5) is 4.39 Å². The Morgan fingerprint density at radius 3 is 2.79 bits per heavy atom. The van der Waals surface area contributed by atoms with Crippen molar-refractivity contribution in [3.63, 3.8) is 0 Å². The summed E-state index contributed by atoms with van der Waals surface area (Å²) >= 11 is 0. The van der Waals surface area contributed by atoms with E-state index in [1.807, 2.05) is 12.1 Å². The molecule has 0 radical (unpaired) electrons. The van der Waals surface area contributed by atoms with Gasteiger partial charge in [-0.05, 0) is 42.2 Å². The van der Waals surface area contributed by atoms with Crippen molar-refractivity contribution < 1.29 is 13.9 Å². The Morgan fingerprint density at radius 2 is 2.08 bits per heavy atom. The monoisotopic (exact) mass is 328 g/mol. The number of benzene rings is 1. The number of carbonyl (C=O) groups is 1. The fourth-order valence-corrected chi connectivity index (χ4v) is 3.44. The standard InChI is InChI=1S/C19H21FN2O2/c1-24-17-11-14(7-10-21-17)13-22-18(23)19(8-2-3-9-19)15-5-4-6-16(20)12-15/h4-7,10-12H,2-3,8-9,13H2,1H3,(H,22,23). The lowest BCUT2D eigenvalue weighted by molar-refractivity contribution is -0.126. The minimum Gasteiger partial charge on any atom is -0.481 e. The molecule has 0 atom stereocenters. The van der Waals surface area contributed by atoms with Crippen molar-refractivity contribution in [1.29, 1.82) is 0 Å². The van der Waals surface area contributed by atoms with Gasteiger partial charge in [0.1, 0.15) is 5.82 Å². The summed E-state index contributed by atoms with van der Waals surface area (Å²) in [5, 5.41) is 3.01. The first-order chi connectivity index (χ1) is 11.6. The number of nitrogens with zero attached hydrogens (tertiary/aromatic N) is 1. The average molecular weight is 328 g/mol. The highest BCUT2D eigenvalue weighted by molar-refractivity contribution is 5.88. The van der Waals surface area contributed by atoms with Crippen LogP contribution >= 0.6 is 0 Å². The van der Waals surface area contributed by atoms with Gasteiger partial charge in [-0.1, -0.05) is 25.0 Å². The number of ether oxygens (including phenoxy) is 1. The first-order valence-corrected chi connectivity index (χ1v) is 8.17. The SMILES string of the molecule is COc1cc(CNC(=O)C2(c3cccc(F)c3)CCCC2)ccn1. The molecule has 2 aromatic rings. The number of methoxy groups -OCH3 is 1. The molecule has 1 aliphatic carbocycles. The molecule has 126 valence electrons. The summed E-state index contributed by atoms with van der Waals surface area (Å²) < 4.78 is 18.7.